The number of thioether (sulfide) groups is 1. The highest BCUT2D eigenvalue weighted by atomic mass is 35.5. The van der Waals surface area contributed by atoms with Gasteiger partial charge in [-0.15, -0.1) is 0 Å². The van der Waals surface area contributed by atoms with Crippen molar-refractivity contribution in [2.75, 3.05) is 5.32 Å². The number of nitrogens with one attached hydrogen (secondary N) is 1. The summed E-state index contributed by atoms with van der Waals surface area (Å²) in [6.45, 7) is 5.41. The summed E-state index contributed by atoms with van der Waals surface area (Å²) in [4.78, 5) is 21.2. The number of carbonyl (C=O) groups is 1. The third-order valence-corrected chi connectivity index (χ3v) is 5.46. The van der Waals surface area contributed by atoms with Crippen LogP contribution in [0.5, 0.6) is 0 Å². The Morgan fingerprint density at radius 3 is 2.69 bits per heavy atom. The average Bonchev–Trinajstić information content (AvgIpc) is 3.28. The van der Waals surface area contributed by atoms with Crippen molar-refractivity contribution in [1.29, 1.82) is 0 Å². The third-order valence-electron chi connectivity index (χ3n) is 4.19. The van der Waals surface area contributed by atoms with Gasteiger partial charge in [0.05, 0.1) is 16.2 Å². The van der Waals surface area contributed by atoms with Gasteiger partial charge in [-0.1, -0.05) is 40.6 Å². The number of tetrazole rings is 1. The lowest BCUT2D eigenvalue weighted by Crippen LogP contribution is -2.27. The molecule has 12 heteroatoms. The number of aryl methyl sites for hydroxylation is 1. The second-order valence-corrected chi connectivity index (χ2v) is 9.22. The number of pyridine rings is 1. The smallest absolute Gasteiger partial charge is 0.413 e. The van der Waals surface area contributed by atoms with Crippen LogP contribution < -0.4 is 5.32 Å². The molecule has 0 radical (unpaired) electrons. The summed E-state index contributed by atoms with van der Waals surface area (Å²) in [5.41, 5.74) is 1.62. The lowest BCUT2D eigenvalue weighted by molar-refractivity contribution is 0.0635. The molecule has 0 aliphatic carbocycles. The molecule has 0 aliphatic heterocycles. The largest absolute Gasteiger partial charge is 0.444 e. The molecule has 0 saturated carbocycles. The molecule has 0 bridgehead atoms. The van der Waals surface area contributed by atoms with Crippen LogP contribution >= 0.6 is 23.4 Å². The number of hydrogen-bond acceptors (Lipinski definition) is 8. The Hall–Kier alpha value is -3.18. The van der Waals surface area contributed by atoms with Crippen molar-refractivity contribution in [2.24, 2.45) is 7.05 Å². The van der Waals surface area contributed by atoms with Gasteiger partial charge in [0.1, 0.15) is 16.9 Å². The number of carbonyl (C=O) groups excluding carboxylic acids is 1. The van der Waals surface area contributed by atoms with E-state index in [0.717, 1.165) is 11.2 Å². The fraction of sp³-hybridized carbons (Fsp3) is 0.300. The number of aromatic nitrogens is 7. The van der Waals surface area contributed by atoms with Crippen LogP contribution in [0.1, 0.15) is 26.5 Å². The Balaban J connectivity index is 1.58. The van der Waals surface area contributed by atoms with Gasteiger partial charge >= 0.3 is 6.09 Å². The predicted octanol–water partition coefficient (Wildman–Crippen LogP) is 4.24. The quantitative estimate of drug-likeness (QED) is 0.429. The van der Waals surface area contributed by atoms with E-state index in [0.29, 0.717) is 33.2 Å². The van der Waals surface area contributed by atoms with Crippen molar-refractivity contribution in [3.05, 3.63) is 47.1 Å². The SMILES string of the molecule is Cn1nnnc1-n1c(SCc2cccc(NC(=O)OC(C)(C)C)n2)nc2c(Cl)cccc21. The lowest BCUT2D eigenvalue weighted by atomic mass is 10.2. The van der Waals surface area contributed by atoms with E-state index in [9.17, 15) is 4.79 Å². The summed E-state index contributed by atoms with van der Waals surface area (Å²) < 4.78 is 8.70. The molecule has 3 aromatic heterocycles. The van der Waals surface area contributed by atoms with Crippen LogP contribution in [0.3, 0.4) is 0 Å². The van der Waals surface area contributed by atoms with Crippen molar-refractivity contribution in [2.45, 2.75) is 37.3 Å². The van der Waals surface area contributed by atoms with E-state index >= 15 is 0 Å². The number of amides is 1. The molecule has 0 spiro atoms. The highest BCUT2D eigenvalue weighted by molar-refractivity contribution is 7.98. The minimum atomic E-state index is -0.591. The molecule has 0 fully saturated rings. The Bertz CT molecular complexity index is 1280. The summed E-state index contributed by atoms with van der Waals surface area (Å²) >= 11 is 7.82. The van der Waals surface area contributed by atoms with Gasteiger partial charge in [0.25, 0.3) is 5.95 Å². The number of halogens is 1. The molecule has 166 valence electrons. The molecule has 1 amide bonds. The molecule has 0 unspecified atom stereocenters. The molecule has 1 N–H and O–H groups in total. The second kappa shape index (κ2) is 8.75. The van der Waals surface area contributed by atoms with E-state index in [1.54, 1.807) is 44.6 Å². The van der Waals surface area contributed by atoms with Crippen molar-refractivity contribution in [1.82, 2.24) is 34.7 Å². The van der Waals surface area contributed by atoms with Gasteiger partial charge in [0.2, 0.25) is 0 Å². The van der Waals surface area contributed by atoms with Crippen molar-refractivity contribution >= 4 is 46.3 Å². The van der Waals surface area contributed by atoms with Crippen LogP contribution in [0.4, 0.5) is 10.6 Å². The number of ether oxygens (including phenoxy) is 1. The number of nitrogens with zero attached hydrogens (tertiary/aromatic N) is 7. The van der Waals surface area contributed by atoms with Crippen LogP contribution in [0.25, 0.3) is 17.0 Å². The summed E-state index contributed by atoms with van der Waals surface area (Å²) in [6, 6.07) is 11.0. The molecule has 0 atom stereocenters. The molecule has 3 heterocycles. The molecule has 32 heavy (non-hydrogen) atoms. The summed E-state index contributed by atoms with van der Waals surface area (Å²) in [5, 5.41) is 15.6. The maximum atomic E-state index is 12.0. The van der Waals surface area contributed by atoms with Gasteiger partial charge in [-0.2, -0.15) is 0 Å². The number of anilines is 1. The fourth-order valence-electron chi connectivity index (χ4n) is 2.92. The first-order chi connectivity index (χ1) is 15.2. The van der Waals surface area contributed by atoms with Gasteiger partial charge < -0.3 is 4.74 Å². The second-order valence-electron chi connectivity index (χ2n) is 7.87. The predicted molar refractivity (Wildman–Crippen MR) is 122 cm³/mol. The molecular formula is C20H21ClN8O2S. The van der Waals surface area contributed by atoms with Crippen LogP contribution in [0, 0.1) is 0 Å². The molecule has 0 saturated heterocycles. The van der Waals surface area contributed by atoms with Gasteiger partial charge in [-0.3, -0.25) is 9.88 Å². The summed E-state index contributed by atoms with van der Waals surface area (Å²) in [7, 11) is 1.76. The maximum absolute atomic E-state index is 12.0. The zero-order chi connectivity index (χ0) is 22.9. The van der Waals surface area contributed by atoms with E-state index < -0.39 is 11.7 Å². The topological polar surface area (TPSA) is 113 Å². The normalized spacial score (nSPS) is 11.7. The molecule has 10 nitrogen and oxygen atoms in total. The molecule has 4 aromatic rings. The lowest BCUT2D eigenvalue weighted by Gasteiger charge is -2.19. The van der Waals surface area contributed by atoms with E-state index in [1.165, 1.54) is 11.8 Å². The number of rotatable bonds is 5. The molecule has 1 aromatic carbocycles. The first-order valence-electron chi connectivity index (χ1n) is 9.70. The van der Waals surface area contributed by atoms with Crippen LogP contribution in [0.2, 0.25) is 5.02 Å². The van der Waals surface area contributed by atoms with E-state index in [1.807, 2.05) is 28.8 Å². The Kier molecular flexibility index (Phi) is 6.02. The zero-order valence-electron chi connectivity index (χ0n) is 17.9. The summed E-state index contributed by atoms with van der Waals surface area (Å²) in [6.07, 6.45) is -0.555. The molecular weight excluding hydrogens is 452 g/mol. The van der Waals surface area contributed by atoms with E-state index in [-0.39, 0.29) is 0 Å². The van der Waals surface area contributed by atoms with Gasteiger partial charge in [-0.25, -0.2) is 19.4 Å². The first kappa shape index (κ1) is 22.0. The first-order valence-corrected chi connectivity index (χ1v) is 11.1. The monoisotopic (exact) mass is 472 g/mol. The van der Waals surface area contributed by atoms with Crippen molar-refractivity contribution < 1.29 is 9.53 Å². The molecule has 0 aliphatic rings. The fourth-order valence-corrected chi connectivity index (χ4v) is 4.04. The standard InChI is InChI=1S/C20H21ClN8O2S/c1-20(2,3)31-19(30)23-15-10-5-7-12(22-15)11-32-18-24-16-13(21)8-6-9-14(16)29(18)17-25-26-27-28(17)4/h5-10H,11H2,1-4H3,(H,22,23,30). The number of hydrogen-bond donors (Lipinski definition) is 1. The highest BCUT2D eigenvalue weighted by Gasteiger charge is 2.20. The van der Waals surface area contributed by atoms with Crippen LogP contribution in [0.15, 0.2) is 41.6 Å². The Morgan fingerprint density at radius 1 is 1.19 bits per heavy atom. The number of benzene rings is 1. The highest BCUT2D eigenvalue weighted by Crippen LogP contribution is 2.32. The van der Waals surface area contributed by atoms with Crippen molar-refractivity contribution in [3.63, 3.8) is 0 Å². The zero-order valence-corrected chi connectivity index (χ0v) is 19.5. The van der Waals surface area contributed by atoms with Gasteiger partial charge in [-0.05, 0) is 55.5 Å². The van der Waals surface area contributed by atoms with E-state index in [2.05, 4.69) is 25.8 Å². The Morgan fingerprint density at radius 2 is 1.97 bits per heavy atom. The van der Waals surface area contributed by atoms with Gasteiger partial charge in [0.15, 0.2) is 5.16 Å². The minimum absolute atomic E-state index is 0.409. The van der Waals surface area contributed by atoms with Crippen LogP contribution in [-0.2, 0) is 17.5 Å². The minimum Gasteiger partial charge on any atom is -0.444 e. The average molecular weight is 473 g/mol. The Labute approximate surface area is 193 Å². The molecule has 4 rings (SSSR count). The van der Waals surface area contributed by atoms with Gasteiger partial charge in [0, 0.05) is 12.8 Å². The number of para-hydroxylation sites is 1. The number of fused-ring (bicyclic) bond motifs is 1. The van der Waals surface area contributed by atoms with Crippen molar-refractivity contribution in [3.8, 4) is 5.95 Å². The number of imidazole rings is 1. The maximum Gasteiger partial charge on any atom is 0.413 e. The summed E-state index contributed by atoms with van der Waals surface area (Å²) in [5.74, 6) is 1.42. The van der Waals surface area contributed by atoms with Crippen LogP contribution in [-0.4, -0.2) is 46.4 Å². The third kappa shape index (κ3) is 4.83. The van der Waals surface area contributed by atoms with E-state index in [4.69, 9.17) is 21.3 Å².